The first-order valence-corrected chi connectivity index (χ1v) is 6.59. The maximum Gasteiger partial charge on any atom is 0.306 e. The van der Waals surface area contributed by atoms with Crippen molar-refractivity contribution < 1.29 is 9.90 Å². The van der Waals surface area contributed by atoms with Crippen molar-refractivity contribution in [2.24, 2.45) is 11.7 Å². The predicted molar refractivity (Wildman–Crippen MR) is 70.3 cm³/mol. The number of carboxylic acid groups (broad SMARTS) is 1. The molecular weight excluding hydrogens is 230 g/mol. The largest absolute Gasteiger partial charge is 0.481 e. The van der Waals surface area contributed by atoms with Gasteiger partial charge in [-0.25, -0.2) is 0 Å². The van der Waals surface area contributed by atoms with Crippen LogP contribution in [0.25, 0.3) is 0 Å². The number of aliphatic carboxylic acids is 1. The van der Waals surface area contributed by atoms with E-state index in [0.29, 0.717) is 25.4 Å². The van der Waals surface area contributed by atoms with E-state index in [0.717, 1.165) is 18.5 Å². The molecule has 1 aromatic heterocycles. The predicted octanol–water partition coefficient (Wildman–Crippen LogP) is 1.84. The fourth-order valence-electron chi connectivity index (χ4n) is 2.12. The van der Waals surface area contributed by atoms with E-state index in [-0.39, 0.29) is 0 Å². The average Bonchev–Trinajstić information content (AvgIpc) is 2.78. The van der Waals surface area contributed by atoms with Gasteiger partial charge in [-0.1, -0.05) is 13.8 Å². The zero-order valence-electron chi connectivity index (χ0n) is 11.2. The van der Waals surface area contributed by atoms with Gasteiger partial charge in [-0.05, 0) is 31.9 Å². The summed E-state index contributed by atoms with van der Waals surface area (Å²) in [5.74, 6) is -1.22. The maximum atomic E-state index is 11.1. The van der Waals surface area contributed by atoms with Crippen molar-refractivity contribution in [3.8, 4) is 0 Å². The van der Waals surface area contributed by atoms with Crippen LogP contribution in [0.2, 0.25) is 0 Å². The average molecular weight is 253 g/mol. The van der Waals surface area contributed by atoms with Gasteiger partial charge in [-0.2, -0.15) is 5.10 Å². The number of carboxylic acids is 1. The molecule has 0 bridgehead atoms. The molecule has 0 spiro atoms. The second-order valence-corrected chi connectivity index (χ2v) is 4.57. The molecule has 1 atom stereocenters. The molecule has 0 saturated heterocycles. The number of carbonyl (C=O) groups is 1. The van der Waals surface area contributed by atoms with E-state index in [1.807, 2.05) is 16.9 Å². The van der Waals surface area contributed by atoms with Crippen LogP contribution in [0.4, 0.5) is 0 Å². The van der Waals surface area contributed by atoms with Crippen molar-refractivity contribution in [2.45, 2.75) is 45.6 Å². The number of nitrogens with two attached hydrogens (primary N) is 1. The van der Waals surface area contributed by atoms with Crippen molar-refractivity contribution in [2.75, 3.05) is 6.54 Å². The molecule has 0 saturated carbocycles. The molecule has 1 rings (SSSR count). The van der Waals surface area contributed by atoms with Crippen LogP contribution in [-0.4, -0.2) is 27.4 Å². The summed E-state index contributed by atoms with van der Waals surface area (Å²) in [6, 6.07) is 2.31. The molecule has 5 heteroatoms. The van der Waals surface area contributed by atoms with E-state index >= 15 is 0 Å². The third-order valence-electron chi connectivity index (χ3n) is 3.30. The molecule has 0 aliphatic rings. The molecule has 0 fully saturated rings. The zero-order valence-corrected chi connectivity index (χ0v) is 11.2. The van der Waals surface area contributed by atoms with Gasteiger partial charge in [0.15, 0.2) is 0 Å². The van der Waals surface area contributed by atoms with Gasteiger partial charge < -0.3 is 10.8 Å². The van der Waals surface area contributed by atoms with Crippen LogP contribution in [-0.2, 0) is 11.2 Å². The van der Waals surface area contributed by atoms with Crippen molar-refractivity contribution in [3.05, 3.63) is 18.0 Å². The summed E-state index contributed by atoms with van der Waals surface area (Å²) in [5, 5.41) is 13.6. The van der Waals surface area contributed by atoms with Gasteiger partial charge in [0.05, 0.1) is 17.7 Å². The lowest BCUT2D eigenvalue weighted by atomic mass is 10.00. The van der Waals surface area contributed by atoms with Crippen molar-refractivity contribution in [1.82, 2.24) is 9.78 Å². The Balaban J connectivity index is 2.70. The molecule has 18 heavy (non-hydrogen) atoms. The fraction of sp³-hybridized carbons (Fsp3) is 0.692. The minimum absolute atomic E-state index is 0.393. The smallest absolute Gasteiger partial charge is 0.306 e. The summed E-state index contributed by atoms with van der Waals surface area (Å²) in [7, 11) is 0. The van der Waals surface area contributed by atoms with Gasteiger partial charge >= 0.3 is 5.97 Å². The van der Waals surface area contributed by atoms with E-state index in [9.17, 15) is 4.79 Å². The van der Waals surface area contributed by atoms with E-state index in [2.05, 4.69) is 18.9 Å². The van der Waals surface area contributed by atoms with Gasteiger partial charge in [-0.15, -0.1) is 0 Å². The number of nitrogens with zero attached hydrogens (tertiary/aromatic N) is 2. The normalized spacial score (nSPS) is 12.9. The number of hydrogen-bond donors (Lipinski definition) is 2. The number of aromatic nitrogens is 2. The molecule has 1 aromatic rings. The summed E-state index contributed by atoms with van der Waals surface area (Å²) < 4.78 is 1.94. The quantitative estimate of drug-likeness (QED) is 0.740. The lowest BCUT2D eigenvalue weighted by Gasteiger charge is -2.13. The molecule has 5 nitrogen and oxygen atoms in total. The Hall–Kier alpha value is -1.36. The summed E-state index contributed by atoms with van der Waals surface area (Å²) in [6.07, 6.45) is 4.95. The lowest BCUT2D eigenvalue weighted by Crippen LogP contribution is -2.20. The molecule has 1 unspecified atom stereocenters. The van der Waals surface area contributed by atoms with Crippen molar-refractivity contribution in [3.63, 3.8) is 0 Å². The van der Waals surface area contributed by atoms with Crippen LogP contribution in [0.5, 0.6) is 0 Å². The van der Waals surface area contributed by atoms with Crippen LogP contribution in [0.15, 0.2) is 12.3 Å². The SMILES string of the molecule is CCC(CC)n1ccc(CC(CCN)C(=O)O)n1. The Morgan fingerprint density at radius 3 is 2.67 bits per heavy atom. The zero-order chi connectivity index (χ0) is 13.5. The number of rotatable bonds is 8. The summed E-state index contributed by atoms with van der Waals surface area (Å²) in [6.45, 7) is 4.65. The molecule has 0 aliphatic heterocycles. The molecule has 102 valence electrons. The molecule has 0 aromatic carbocycles. The van der Waals surface area contributed by atoms with Gasteiger partial charge in [0.2, 0.25) is 0 Å². The highest BCUT2D eigenvalue weighted by Gasteiger charge is 2.19. The third-order valence-corrected chi connectivity index (χ3v) is 3.30. The first-order valence-electron chi connectivity index (χ1n) is 6.59. The van der Waals surface area contributed by atoms with Crippen molar-refractivity contribution in [1.29, 1.82) is 0 Å². The van der Waals surface area contributed by atoms with Crippen LogP contribution >= 0.6 is 0 Å². The molecular formula is C13H23N3O2. The summed E-state index contributed by atoms with van der Waals surface area (Å²) >= 11 is 0. The maximum absolute atomic E-state index is 11.1. The van der Waals surface area contributed by atoms with Crippen molar-refractivity contribution >= 4 is 5.97 Å². The highest BCUT2D eigenvalue weighted by molar-refractivity contribution is 5.70. The Labute approximate surface area is 108 Å². The van der Waals surface area contributed by atoms with E-state index in [1.165, 1.54) is 0 Å². The first-order chi connectivity index (χ1) is 8.62. The number of hydrogen-bond acceptors (Lipinski definition) is 3. The summed E-state index contributed by atoms with van der Waals surface area (Å²) in [5.41, 5.74) is 6.26. The Morgan fingerprint density at radius 2 is 2.17 bits per heavy atom. The highest BCUT2D eigenvalue weighted by Crippen LogP contribution is 2.16. The topological polar surface area (TPSA) is 81.1 Å². The van der Waals surface area contributed by atoms with Gasteiger partial charge in [-0.3, -0.25) is 9.48 Å². The Kier molecular flexibility index (Phi) is 5.85. The minimum atomic E-state index is -0.794. The van der Waals surface area contributed by atoms with Crippen LogP contribution < -0.4 is 5.73 Å². The Morgan fingerprint density at radius 1 is 1.50 bits per heavy atom. The van der Waals surface area contributed by atoms with Gasteiger partial charge in [0, 0.05) is 12.6 Å². The Bertz CT molecular complexity index is 372. The van der Waals surface area contributed by atoms with Crippen LogP contribution in [0.1, 0.15) is 44.8 Å². The van der Waals surface area contributed by atoms with Gasteiger partial charge in [0.1, 0.15) is 0 Å². The molecule has 0 radical (unpaired) electrons. The minimum Gasteiger partial charge on any atom is -0.481 e. The van der Waals surface area contributed by atoms with Gasteiger partial charge in [0.25, 0.3) is 0 Å². The standard InChI is InChI=1S/C13H23N3O2/c1-3-12(4-2)16-8-6-11(15-16)9-10(5-7-14)13(17)18/h6,8,10,12H,3-5,7,9,14H2,1-2H3,(H,17,18). The second kappa shape index (κ2) is 7.16. The van der Waals surface area contributed by atoms with E-state index in [1.54, 1.807) is 0 Å². The summed E-state index contributed by atoms with van der Waals surface area (Å²) in [4.78, 5) is 11.1. The molecule has 1 heterocycles. The van der Waals surface area contributed by atoms with Crippen LogP contribution in [0, 0.1) is 5.92 Å². The second-order valence-electron chi connectivity index (χ2n) is 4.57. The van der Waals surface area contributed by atoms with Crippen LogP contribution in [0.3, 0.4) is 0 Å². The van der Waals surface area contributed by atoms with E-state index in [4.69, 9.17) is 10.8 Å². The third kappa shape index (κ3) is 3.84. The molecule has 0 aliphatic carbocycles. The van der Waals surface area contributed by atoms with E-state index < -0.39 is 11.9 Å². The molecule has 3 N–H and O–H groups in total. The molecule has 0 amide bonds. The first kappa shape index (κ1) is 14.7. The lowest BCUT2D eigenvalue weighted by molar-refractivity contribution is -0.141. The fourth-order valence-corrected chi connectivity index (χ4v) is 2.12. The highest BCUT2D eigenvalue weighted by atomic mass is 16.4. The monoisotopic (exact) mass is 253 g/mol.